The molecule has 2 aromatic rings. The quantitative estimate of drug-likeness (QED) is 0.300. The number of alkyl halides is 3. The van der Waals surface area contributed by atoms with Crippen LogP contribution in [0.1, 0.15) is 42.0 Å². The van der Waals surface area contributed by atoms with Crippen LogP contribution in [-0.4, -0.2) is 59.9 Å². The first-order valence-electron chi connectivity index (χ1n) is 11.8. The molecule has 37 heavy (non-hydrogen) atoms. The van der Waals surface area contributed by atoms with Gasteiger partial charge in [0.25, 0.3) is 0 Å². The molecule has 0 radical (unpaired) electrons. The largest absolute Gasteiger partial charge is 0.481 e. The molecule has 12 heteroatoms. The molecule has 2 aromatic heterocycles. The van der Waals surface area contributed by atoms with E-state index < -0.39 is 24.6 Å². The molecule has 0 saturated carbocycles. The van der Waals surface area contributed by atoms with Gasteiger partial charge in [0.05, 0.1) is 20.1 Å². The van der Waals surface area contributed by atoms with Gasteiger partial charge < -0.3 is 25.6 Å². The number of nitrogens with one attached hydrogen (secondary N) is 1. The minimum atomic E-state index is -4.52. The van der Waals surface area contributed by atoms with Crippen LogP contribution in [0.5, 0.6) is 5.88 Å². The normalized spacial score (nSPS) is 14.9. The number of methoxy groups -OCH3 is 1. The van der Waals surface area contributed by atoms with E-state index in [2.05, 4.69) is 20.3 Å². The van der Waals surface area contributed by atoms with E-state index in [-0.39, 0.29) is 31.0 Å². The number of halogens is 3. The predicted molar refractivity (Wildman–Crippen MR) is 132 cm³/mol. The summed E-state index contributed by atoms with van der Waals surface area (Å²) in [6.45, 7) is -0.560. The molecule has 9 nitrogen and oxygen atoms in total. The summed E-state index contributed by atoms with van der Waals surface area (Å²) in [6.07, 6.45) is 0.292. The number of anilines is 1. The highest BCUT2D eigenvalue weighted by molar-refractivity contribution is 5.88. The fourth-order valence-electron chi connectivity index (χ4n) is 3.84. The first-order valence-corrected chi connectivity index (χ1v) is 11.8. The Hall–Kier alpha value is -3.83. The Labute approximate surface area is 212 Å². The van der Waals surface area contributed by atoms with Crippen LogP contribution in [0.4, 0.5) is 19.0 Å². The number of nitrogens with zero attached hydrogens (tertiary/aromatic N) is 3. The molecular formula is C25H30F3N5O4. The number of rotatable bonds is 11. The topological polar surface area (TPSA) is 132 Å². The Morgan fingerprint density at radius 3 is 2.78 bits per heavy atom. The second-order valence-corrected chi connectivity index (χ2v) is 8.56. The fraction of sp³-hybridized carbons (Fsp3) is 0.440. The molecule has 3 heterocycles. The molecule has 0 fully saturated rings. The first kappa shape index (κ1) is 27.8. The van der Waals surface area contributed by atoms with Crippen LogP contribution >= 0.6 is 0 Å². The van der Waals surface area contributed by atoms with Crippen molar-refractivity contribution in [3.8, 4) is 5.88 Å². The van der Waals surface area contributed by atoms with Gasteiger partial charge in [-0.05, 0) is 36.5 Å². The number of aliphatic imine (C=N–C) groups is 1. The number of aliphatic carboxylic acids is 1. The summed E-state index contributed by atoms with van der Waals surface area (Å²) in [5, 5.41) is 12.6. The van der Waals surface area contributed by atoms with Crippen LogP contribution < -0.4 is 15.8 Å². The highest BCUT2D eigenvalue weighted by atomic mass is 19.4. The summed E-state index contributed by atoms with van der Waals surface area (Å²) < 4.78 is 49.0. The minimum Gasteiger partial charge on any atom is -0.481 e. The van der Waals surface area contributed by atoms with Gasteiger partial charge in [-0.2, -0.15) is 13.2 Å². The number of allylic oxidation sites excluding steroid dienone is 1. The zero-order chi connectivity index (χ0) is 26.8. The van der Waals surface area contributed by atoms with Crippen molar-refractivity contribution in [2.24, 2.45) is 10.7 Å². The van der Waals surface area contributed by atoms with Gasteiger partial charge in [0.15, 0.2) is 0 Å². The van der Waals surface area contributed by atoms with Crippen molar-refractivity contribution in [1.29, 1.82) is 0 Å². The Morgan fingerprint density at radius 2 is 2.11 bits per heavy atom. The summed E-state index contributed by atoms with van der Waals surface area (Å²) in [7, 11) is 1.46. The minimum absolute atomic E-state index is 0.0349. The molecule has 0 aromatic carbocycles. The van der Waals surface area contributed by atoms with E-state index in [4.69, 9.17) is 15.2 Å². The molecule has 0 saturated heterocycles. The van der Waals surface area contributed by atoms with Crippen molar-refractivity contribution >= 4 is 17.7 Å². The number of aryl methyl sites for hydroxylation is 1. The molecule has 200 valence electrons. The lowest BCUT2D eigenvalue weighted by Gasteiger charge is -2.17. The van der Waals surface area contributed by atoms with E-state index in [0.29, 0.717) is 17.9 Å². The Balaban J connectivity index is 1.70. The van der Waals surface area contributed by atoms with Gasteiger partial charge in [0.1, 0.15) is 12.4 Å². The Morgan fingerprint density at radius 1 is 1.30 bits per heavy atom. The molecule has 1 atom stereocenters. The lowest BCUT2D eigenvalue weighted by atomic mass is 9.92. The lowest BCUT2D eigenvalue weighted by Crippen LogP contribution is -2.18. The SMILES string of the molecule is COc1ccc(C(CC(=O)O)CC(N)=CC(=NCC(F)(F)F)OCCc2ccc3c(n2)NCCC3)cn1. The number of carbonyl (C=O) groups is 1. The van der Waals surface area contributed by atoms with E-state index in [1.165, 1.54) is 19.4 Å². The lowest BCUT2D eigenvalue weighted by molar-refractivity contribution is -0.137. The van der Waals surface area contributed by atoms with Gasteiger partial charge in [-0.1, -0.05) is 12.1 Å². The highest BCUT2D eigenvalue weighted by Gasteiger charge is 2.27. The number of carboxylic acid groups (broad SMARTS) is 1. The van der Waals surface area contributed by atoms with Gasteiger partial charge in [-0.15, -0.1) is 0 Å². The molecule has 0 spiro atoms. The van der Waals surface area contributed by atoms with Crippen LogP contribution in [0.15, 0.2) is 47.2 Å². The second-order valence-electron chi connectivity index (χ2n) is 8.56. The van der Waals surface area contributed by atoms with E-state index >= 15 is 0 Å². The average Bonchev–Trinajstić information content (AvgIpc) is 2.86. The molecule has 3 rings (SSSR count). The maximum Gasteiger partial charge on any atom is 0.408 e. The number of pyridine rings is 2. The van der Waals surface area contributed by atoms with Crippen molar-refractivity contribution in [3.05, 3.63) is 59.1 Å². The van der Waals surface area contributed by atoms with Crippen LogP contribution in [0.25, 0.3) is 0 Å². The van der Waals surface area contributed by atoms with Crippen molar-refractivity contribution in [2.75, 3.05) is 32.1 Å². The van der Waals surface area contributed by atoms with Crippen LogP contribution in [0, 0.1) is 0 Å². The number of carboxylic acids is 1. The molecule has 1 unspecified atom stereocenters. The molecular weight excluding hydrogens is 491 g/mol. The summed E-state index contributed by atoms with van der Waals surface area (Å²) in [4.78, 5) is 23.6. The number of nitrogens with two attached hydrogens (primary N) is 1. The monoisotopic (exact) mass is 521 g/mol. The Kier molecular flexibility index (Phi) is 9.70. The molecule has 1 aliphatic rings. The number of hydrogen-bond acceptors (Lipinski definition) is 8. The first-order chi connectivity index (χ1) is 17.6. The molecule has 1 aliphatic heterocycles. The summed E-state index contributed by atoms with van der Waals surface area (Å²) in [6, 6.07) is 7.11. The van der Waals surface area contributed by atoms with Crippen molar-refractivity contribution in [3.63, 3.8) is 0 Å². The van der Waals surface area contributed by atoms with Crippen molar-refractivity contribution in [1.82, 2.24) is 9.97 Å². The summed E-state index contributed by atoms with van der Waals surface area (Å²) in [5.74, 6) is -0.726. The number of hydrogen-bond donors (Lipinski definition) is 3. The molecule has 0 amide bonds. The maximum atomic E-state index is 12.8. The third-order valence-corrected chi connectivity index (χ3v) is 5.63. The molecule has 0 aliphatic carbocycles. The van der Waals surface area contributed by atoms with Crippen molar-refractivity contribution in [2.45, 2.75) is 44.2 Å². The zero-order valence-electron chi connectivity index (χ0n) is 20.4. The van der Waals surface area contributed by atoms with Gasteiger partial charge in [0.2, 0.25) is 11.8 Å². The Bertz CT molecular complexity index is 1120. The van der Waals surface area contributed by atoms with Gasteiger partial charge >= 0.3 is 12.1 Å². The van der Waals surface area contributed by atoms with Crippen LogP contribution in [0.3, 0.4) is 0 Å². The van der Waals surface area contributed by atoms with Gasteiger partial charge in [-0.25, -0.2) is 15.0 Å². The summed E-state index contributed by atoms with van der Waals surface area (Å²) >= 11 is 0. The van der Waals surface area contributed by atoms with Crippen LogP contribution in [0.2, 0.25) is 0 Å². The van der Waals surface area contributed by atoms with Gasteiger partial charge in [0, 0.05) is 48.6 Å². The number of ether oxygens (including phenoxy) is 2. The van der Waals surface area contributed by atoms with E-state index in [1.54, 1.807) is 12.1 Å². The van der Waals surface area contributed by atoms with E-state index in [1.807, 2.05) is 12.1 Å². The average molecular weight is 522 g/mol. The smallest absolute Gasteiger partial charge is 0.408 e. The zero-order valence-corrected chi connectivity index (χ0v) is 20.4. The van der Waals surface area contributed by atoms with Crippen molar-refractivity contribution < 1.29 is 32.5 Å². The third-order valence-electron chi connectivity index (χ3n) is 5.63. The standard InChI is InChI=1S/C25H30F3N5O4/c1-36-21-7-5-17(14-31-21)18(12-23(34)35)11-19(29)13-22(32-15-25(26,27)28)37-10-8-20-6-4-16-3-2-9-30-24(16)33-20/h4-7,13-14,18H,2-3,8-12,15,29H2,1H3,(H,30,33)(H,34,35). The number of aromatic nitrogens is 2. The third kappa shape index (κ3) is 9.28. The molecule has 0 bridgehead atoms. The highest BCUT2D eigenvalue weighted by Crippen LogP contribution is 2.27. The predicted octanol–water partition coefficient (Wildman–Crippen LogP) is 3.85. The van der Waals surface area contributed by atoms with Crippen LogP contribution in [-0.2, 0) is 22.4 Å². The fourth-order valence-corrected chi connectivity index (χ4v) is 3.84. The van der Waals surface area contributed by atoms with Gasteiger partial charge in [-0.3, -0.25) is 4.79 Å². The maximum absolute atomic E-state index is 12.8. The summed E-state index contributed by atoms with van der Waals surface area (Å²) in [5.41, 5.74) is 8.68. The van der Waals surface area contributed by atoms with E-state index in [9.17, 15) is 23.1 Å². The van der Waals surface area contributed by atoms with E-state index in [0.717, 1.165) is 36.5 Å². The number of fused-ring (bicyclic) bond motifs is 1. The second kappa shape index (κ2) is 12.9. The molecule has 4 N–H and O–H groups in total.